The summed E-state index contributed by atoms with van der Waals surface area (Å²) in [6, 6.07) is 0.434. The van der Waals surface area contributed by atoms with Crippen molar-refractivity contribution in [3.8, 4) is 0 Å². The van der Waals surface area contributed by atoms with Crippen LogP contribution in [0.2, 0.25) is 0 Å². The van der Waals surface area contributed by atoms with E-state index in [9.17, 15) is 0 Å². The van der Waals surface area contributed by atoms with Crippen LogP contribution in [0.5, 0.6) is 0 Å². The fourth-order valence-electron chi connectivity index (χ4n) is 1.19. The fourth-order valence-corrected chi connectivity index (χ4v) is 1.69. The summed E-state index contributed by atoms with van der Waals surface area (Å²) in [5.74, 6) is 0. The molecule has 3 heteroatoms. The van der Waals surface area contributed by atoms with Crippen LogP contribution in [0.3, 0.4) is 0 Å². The molecule has 1 aliphatic heterocycles. The van der Waals surface area contributed by atoms with Gasteiger partial charge in [0, 0.05) is 24.5 Å². The molecule has 0 spiro atoms. The maximum Gasteiger partial charge on any atom is 0.0180 e. The average Bonchev–Trinajstić information content (AvgIpc) is 2.17. The molecule has 1 atom stereocenters. The maximum atomic E-state index is 5.70. The Morgan fingerprint density at radius 1 is 1.67 bits per heavy atom. The third-order valence-corrected chi connectivity index (χ3v) is 2.06. The number of nitrogens with zero attached hydrogens (tertiary/aromatic N) is 1. The topological polar surface area (TPSA) is 29.3 Å². The van der Waals surface area contributed by atoms with Crippen molar-refractivity contribution >= 4 is 15.9 Å². The molecule has 1 aliphatic rings. The summed E-state index contributed by atoms with van der Waals surface area (Å²) in [6.07, 6.45) is 1.17. The summed E-state index contributed by atoms with van der Waals surface area (Å²) in [5.41, 5.74) is 5.70. The van der Waals surface area contributed by atoms with Crippen LogP contribution in [0.15, 0.2) is 0 Å². The van der Waals surface area contributed by atoms with Gasteiger partial charge in [0.2, 0.25) is 0 Å². The van der Waals surface area contributed by atoms with Crippen molar-refractivity contribution in [3.63, 3.8) is 0 Å². The van der Waals surface area contributed by atoms with Crippen molar-refractivity contribution < 1.29 is 0 Å². The highest BCUT2D eigenvalue weighted by Crippen LogP contribution is 2.05. The lowest BCUT2D eigenvalue weighted by Gasteiger charge is -2.11. The van der Waals surface area contributed by atoms with Gasteiger partial charge in [-0.2, -0.15) is 0 Å². The van der Waals surface area contributed by atoms with E-state index in [4.69, 9.17) is 5.73 Å². The van der Waals surface area contributed by atoms with Gasteiger partial charge < -0.3 is 10.6 Å². The Kier molecular flexibility index (Phi) is 2.95. The van der Waals surface area contributed by atoms with E-state index in [1.165, 1.54) is 13.0 Å². The number of hydrogen-bond donors (Lipinski definition) is 1. The van der Waals surface area contributed by atoms with Crippen LogP contribution < -0.4 is 5.73 Å². The zero-order valence-electron chi connectivity index (χ0n) is 5.52. The van der Waals surface area contributed by atoms with Crippen LogP contribution in [0.25, 0.3) is 0 Å². The lowest BCUT2D eigenvalue weighted by molar-refractivity contribution is 0.358. The van der Waals surface area contributed by atoms with E-state index in [-0.39, 0.29) is 0 Å². The molecule has 1 fully saturated rings. The zero-order chi connectivity index (χ0) is 6.69. The third-order valence-electron chi connectivity index (χ3n) is 1.71. The van der Waals surface area contributed by atoms with Gasteiger partial charge in [-0.1, -0.05) is 15.9 Å². The van der Waals surface area contributed by atoms with Crippen LogP contribution in [0.4, 0.5) is 0 Å². The maximum absolute atomic E-state index is 5.70. The van der Waals surface area contributed by atoms with Crippen LogP contribution >= 0.6 is 15.9 Å². The lowest BCUT2D eigenvalue weighted by atomic mass is 10.3. The molecule has 1 unspecified atom stereocenters. The van der Waals surface area contributed by atoms with Crippen molar-refractivity contribution in [1.29, 1.82) is 0 Å². The summed E-state index contributed by atoms with van der Waals surface area (Å²) >= 11 is 3.40. The molecule has 0 aliphatic carbocycles. The van der Waals surface area contributed by atoms with E-state index in [0.717, 1.165) is 18.4 Å². The lowest BCUT2D eigenvalue weighted by Crippen LogP contribution is -2.27. The third kappa shape index (κ3) is 2.24. The van der Waals surface area contributed by atoms with Crippen LogP contribution in [0.1, 0.15) is 6.42 Å². The molecule has 0 saturated carbocycles. The molecule has 0 amide bonds. The highest BCUT2D eigenvalue weighted by atomic mass is 79.9. The minimum absolute atomic E-state index is 0.434. The molecule has 0 aromatic heterocycles. The molecular weight excluding hydrogens is 180 g/mol. The number of nitrogens with two attached hydrogens (primary N) is 1. The van der Waals surface area contributed by atoms with Crippen LogP contribution in [-0.4, -0.2) is 35.9 Å². The Balaban J connectivity index is 2.14. The van der Waals surface area contributed by atoms with Gasteiger partial charge >= 0.3 is 0 Å². The molecule has 0 aromatic rings. The van der Waals surface area contributed by atoms with E-state index < -0.39 is 0 Å². The fraction of sp³-hybridized carbons (Fsp3) is 1.00. The molecular formula is C6H13BrN2. The Hall–Kier alpha value is 0.400. The second-order valence-electron chi connectivity index (χ2n) is 2.54. The van der Waals surface area contributed by atoms with Crippen molar-refractivity contribution in [3.05, 3.63) is 0 Å². The van der Waals surface area contributed by atoms with Crippen LogP contribution in [0, 0.1) is 0 Å². The SMILES string of the molecule is NC1CCN(CCBr)C1. The molecule has 0 bridgehead atoms. The number of halogens is 1. The predicted molar refractivity (Wildman–Crippen MR) is 42.8 cm³/mol. The highest BCUT2D eigenvalue weighted by Gasteiger charge is 2.17. The van der Waals surface area contributed by atoms with Gasteiger partial charge in [-0.15, -0.1) is 0 Å². The summed E-state index contributed by atoms with van der Waals surface area (Å²) < 4.78 is 0. The monoisotopic (exact) mass is 192 g/mol. The first-order chi connectivity index (χ1) is 4.33. The van der Waals surface area contributed by atoms with Gasteiger partial charge in [-0.05, 0) is 13.0 Å². The van der Waals surface area contributed by atoms with Crippen molar-refractivity contribution in [1.82, 2.24) is 4.90 Å². The quantitative estimate of drug-likeness (QED) is 0.644. The van der Waals surface area contributed by atoms with E-state index >= 15 is 0 Å². The van der Waals surface area contributed by atoms with Gasteiger partial charge in [0.15, 0.2) is 0 Å². The van der Waals surface area contributed by atoms with E-state index in [0.29, 0.717) is 6.04 Å². The smallest absolute Gasteiger partial charge is 0.0180 e. The van der Waals surface area contributed by atoms with Gasteiger partial charge in [-0.3, -0.25) is 0 Å². The Morgan fingerprint density at radius 2 is 2.44 bits per heavy atom. The van der Waals surface area contributed by atoms with E-state index in [1.54, 1.807) is 0 Å². The summed E-state index contributed by atoms with van der Waals surface area (Å²) in [4.78, 5) is 2.39. The Morgan fingerprint density at radius 3 is 2.89 bits per heavy atom. The Bertz CT molecular complexity index is 85.1. The number of alkyl halides is 1. The highest BCUT2D eigenvalue weighted by molar-refractivity contribution is 9.09. The number of likely N-dealkylation sites (tertiary alicyclic amines) is 1. The average molecular weight is 193 g/mol. The molecule has 9 heavy (non-hydrogen) atoms. The first-order valence-electron chi connectivity index (χ1n) is 3.37. The van der Waals surface area contributed by atoms with E-state index in [2.05, 4.69) is 20.8 Å². The molecule has 0 aromatic carbocycles. The standard InChI is InChI=1S/C6H13BrN2/c7-2-4-9-3-1-6(8)5-9/h6H,1-5,8H2. The summed E-state index contributed by atoms with van der Waals surface area (Å²) in [5, 5.41) is 1.07. The predicted octanol–water partition coefficient (Wildman–Crippen LogP) is 0.414. The van der Waals surface area contributed by atoms with Gasteiger partial charge in [0.05, 0.1) is 0 Å². The molecule has 1 saturated heterocycles. The molecule has 0 radical (unpaired) electrons. The second kappa shape index (κ2) is 3.54. The number of hydrogen-bond acceptors (Lipinski definition) is 2. The minimum Gasteiger partial charge on any atom is -0.326 e. The molecule has 1 heterocycles. The molecule has 54 valence electrons. The Labute approximate surface area is 64.5 Å². The van der Waals surface area contributed by atoms with Gasteiger partial charge in [0.25, 0.3) is 0 Å². The first-order valence-corrected chi connectivity index (χ1v) is 4.49. The van der Waals surface area contributed by atoms with Gasteiger partial charge in [-0.25, -0.2) is 0 Å². The normalized spacial score (nSPS) is 29.3. The largest absolute Gasteiger partial charge is 0.326 e. The van der Waals surface area contributed by atoms with Crippen molar-refractivity contribution in [2.24, 2.45) is 5.73 Å². The van der Waals surface area contributed by atoms with Crippen molar-refractivity contribution in [2.45, 2.75) is 12.5 Å². The first kappa shape index (κ1) is 7.51. The zero-order valence-corrected chi connectivity index (χ0v) is 7.10. The van der Waals surface area contributed by atoms with E-state index in [1.807, 2.05) is 0 Å². The van der Waals surface area contributed by atoms with Gasteiger partial charge in [0.1, 0.15) is 0 Å². The molecule has 2 nitrogen and oxygen atoms in total. The van der Waals surface area contributed by atoms with Crippen molar-refractivity contribution in [2.75, 3.05) is 25.0 Å². The minimum atomic E-state index is 0.434. The summed E-state index contributed by atoms with van der Waals surface area (Å²) in [6.45, 7) is 3.42. The molecule has 2 N–H and O–H groups in total. The second-order valence-corrected chi connectivity index (χ2v) is 3.33. The number of rotatable bonds is 2. The summed E-state index contributed by atoms with van der Waals surface area (Å²) in [7, 11) is 0. The van der Waals surface area contributed by atoms with Crippen LogP contribution in [-0.2, 0) is 0 Å². The molecule has 1 rings (SSSR count).